The zero-order chi connectivity index (χ0) is 34.2. The minimum atomic E-state index is -1.03. The Morgan fingerprint density at radius 1 is 0.958 bits per heavy atom. The molecule has 4 aliphatic carbocycles. The maximum absolute atomic E-state index is 12.8. The highest BCUT2D eigenvalue weighted by Crippen LogP contribution is 2.70. The zero-order valence-corrected chi connectivity index (χ0v) is 29.8. The van der Waals surface area contributed by atoms with E-state index < -0.39 is 41.2 Å². The minimum absolute atomic E-state index is 0.0337. The number of aliphatic imine (C=N–C) groups is 1. The molecule has 9 nitrogen and oxygen atoms in total. The van der Waals surface area contributed by atoms with Crippen LogP contribution in [0.15, 0.2) is 16.6 Å². The molecule has 5 fully saturated rings. The Balaban J connectivity index is 1.19. The Kier molecular flexibility index (Phi) is 11.2. The quantitative estimate of drug-likeness (QED) is 0.0835. The van der Waals surface area contributed by atoms with Crippen molar-refractivity contribution < 1.29 is 39.4 Å². The van der Waals surface area contributed by atoms with Crippen LogP contribution < -0.4 is 0 Å². The van der Waals surface area contributed by atoms with E-state index >= 15 is 0 Å². The fourth-order valence-corrected chi connectivity index (χ4v) is 11.3. The molecule has 0 aromatic carbocycles. The van der Waals surface area contributed by atoms with Gasteiger partial charge < -0.3 is 34.6 Å². The maximum Gasteiger partial charge on any atom is 0.331 e. The average Bonchev–Trinajstić information content (AvgIpc) is 3.60. The molecule has 4 saturated carbocycles. The second kappa shape index (κ2) is 14.7. The number of fused-ring (bicyclic) bond motifs is 5. The van der Waals surface area contributed by atoms with E-state index in [9.17, 15) is 25.2 Å². The predicted octanol–water partition coefficient (Wildman–Crippen LogP) is 5.79. The van der Waals surface area contributed by atoms with Gasteiger partial charge in [0.2, 0.25) is 0 Å². The van der Waals surface area contributed by atoms with Crippen molar-refractivity contribution in [1.82, 2.24) is 0 Å². The monoisotopic (exact) mass is 673 g/mol. The first-order valence-electron chi connectivity index (χ1n) is 19.5. The molecular formula is C39H63NO8. The van der Waals surface area contributed by atoms with Gasteiger partial charge >= 0.3 is 5.97 Å². The van der Waals surface area contributed by atoms with Crippen LogP contribution in [0.1, 0.15) is 136 Å². The Labute approximate surface area is 287 Å². The molecule has 272 valence electrons. The van der Waals surface area contributed by atoms with E-state index in [0.717, 1.165) is 50.6 Å². The number of rotatable bonds is 13. The summed E-state index contributed by atoms with van der Waals surface area (Å²) in [6, 6.07) is 0. The van der Waals surface area contributed by atoms with Crippen LogP contribution in [-0.4, -0.2) is 87.7 Å². The van der Waals surface area contributed by atoms with Crippen molar-refractivity contribution in [3.8, 4) is 0 Å². The standard InChI is InChI=1S/C39H63NO8/c1-4-5-6-7-8-9-10-11-20-40-25-37-17-12-28(48-34-22-32(41)35(43)26(2)47-34)23-38(37,44)18-14-31-30(37)13-16-36(3)29(15-19-39(31,36)45)27-21-33(42)46-24-27/h21,25-26,28-32,34-35,41,43-45H,4-20,22-24H2,1-3H3/t26-,28-,29+,30-,31+,32-,34-,35+,36+,37-,38-,39-/m0/s1. The van der Waals surface area contributed by atoms with Crippen molar-refractivity contribution in [2.75, 3.05) is 13.2 Å². The number of carbonyl (C=O) groups excluding carboxylic acids is 1. The van der Waals surface area contributed by atoms with Crippen LogP contribution in [0.25, 0.3) is 0 Å². The second-order valence-electron chi connectivity index (χ2n) is 16.7. The van der Waals surface area contributed by atoms with Crippen molar-refractivity contribution >= 4 is 12.2 Å². The van der Waals surface area contributed by atoms with Crippen molar-refractivity contribution in [2.24, 2.45) is 33.6 Å². The lowest BCUT2D eigenvalue weighted by Crippen LogP contribution is -2.69. The minimum Gasteiger partial charge on any atom is -0.458 e. The van der Waals surface area contributed by atoms with Gasteiger partial charge in [0.25, 0.3) is 0 Å². The number of cyclic esters (lactones) is 1. The summed E-state index contributed by atoms with van der Waals surface area (Å²) in [5.74, 6) is -0.0240. The third kappa shape index (κ3) is 6.58. The van der Waals surface area contributed by atoms with E-state index in [2.05, 4.69) is 20.1 Å². The number of hydrogen-bond acceptors (Lipinski definition) is 9. The Morgan fingerprint density at radius 3 is 2.40 bits per heavy atom. The molecule has 0 aromatic heterocycles. The number of hydrogen-bond donors (Lipinski definition) is 4. The fraction of sp³-hybridized carbons (Fsp3) is 0.897. The summed E-state index contributed by atoms with van der Waals surface area (Å²) >= 11 is 0. The summed E-state index contributed by atoms with van der Waals surface area (Å²) in [6.45, 7) is 7.31. The van der Waals surface area contributed by atoms with Crippen LogP contribution in [0.5, 0.6) is 0 Å². The molecule has 0 bridgehead atoms. The number of nitrogens with zero attached hydrogens (tertiary/aromatic N) is 1. The SMILES string of the molecule is CCCCCCCCCCN=C[C@]12CC[C@H](O[C@H]3C[C@H](O)[C@H](O)[C@H](C)O3)C[C@@]1(O)CC[C@@H]1[C@@H]2CC[C@]2(C)[C@@H](C3=CC(=O)OC3)CC[C@]12O. The first-order valence-corrected chi connectivity index (χ1v) is 19.5. The van der Waals surface area contributed by atoms with Crippen LogP contribution in [-0.2, 0) is 19.0 Å². The molecule has 0 radical (unpaired) electrons. The first kappa shape index (κ1) is 36.4. The average molecular weight is 674 g/mol. The zero-order valence-electron chi connectivity index (χ0n) is 29.8. The van der Waals surface area contributed by atoms with E-state index in [-0.39, 0.29) is 41.7 Å². The van der Waals surface area contributed by atoms with Gasteiger partial charge in [-0.2, -0.15) is 0 Å². The molecule has 2 heterocycles. The van der Waals surface area contributed by atoms with Gasteiger partial charge in [0.15, 0.2) is 6.29 Å². The van der Waals surface area contributed by atoms with Crippen LogP contribution in [0, 0.1) is 28.6 Å². The van der Waals surface area contributed by atoms with Gasteiger partial charge in [-0.25, -0.2) is 4.79 Å². The summed E-state index contributed by atoms with van der Waals surface area (Å²) in [5, 5.41) is 46.1. The van der Waals surface area contributed by atoms with Crippen LogP contribution in [0.4, 0.5) is 0 Å². The van der Waals surface area contributed by atoms with E-state index in [1.54, 1.807) is 13.0 Å². The van der Waals surface area contributed by atoms with Crippen molar-refractivity contribution in [3.05, 3.63) is 11.6 Å². The van der Waals surface area contributed by atoms with E-state index in [1.165, 1.54) is 44.9 Å². The van der Waals surface area contributed by atoms with Crippen molar-refractivity contribution in [1.29, 1.82) is 0 Å². The Bertz CT molecular complexity index is 1180. The molecule has 2 aliphatic heterocycles. The van der Waals surface area contributed by atoms with Gasteiger partial charge in [0, 0.05) is 42.5 Å². The molecule has 12 atom stereocenters. The molecule has 0 unspecified atom stereocenters. The van der Waals surface area contributed by atoms with Gasteiger partial charge in [0.1, 0.15) is 12.7 Å². The summed E-state index contributed by atoms with van der Waals surface area (Å²) < 4.78 is 17.6. The van der Waals surface area contributed by atoms with Gasteiger partial charge in [-0.3, -0.25) is 4.99 Å². The highest BCUT2D eigenvalue weighted by Gasteiger charge is 2.71. The number of aliphatic hydroxyl groups is 4. The fourth-order valence-electron chi connectivity index (χ4n) is 11.3. The molecule has 4 N–H and O–H groups in total. The second-order valence-corrected chi connectivity index (χ2v) is 16.7. The van der Waals surface area contributed by atoms with Gasteiger partial charge in [-0.15, -0.1) is 0 Å². The lowest BCUT2D eigenvalue weighted by molar-refractivity contribution is -0.282. The van der Waals surface area contributed by atoms with Crippen LogP contribution in [0.2, 0.25) is 0 Å². The van der Waals surface area contributed by atoms with E-state index in [4.69, 9.17) is 19.2 Å². The molecule has 1 saturated heterocycles. The number of esters is 1. The van der Waals surface area contributed by atoms with Crippen LogP contribution >= 0.6 is 0 Å². The van der Waals surface area contributed by atoms with Crippen LogP contribution in [0.3, 0.4) is 0 Å². The Morgan fingerprint density at radius 2 is 1.69 bits per heavy atom. The van der Waals surface area contributed by atoms with Crippen molar-refractivity contribution in [3.63, 3.8) is 0 Å². The van der Waals surface area contributed by atoms with Gasteiger partial charge in [0.05, 0.1) is 29.5 Å². The molecule has 6 rings (SSSR count). The summed E-state index contributed by atoms with van der Waals surface area (Å²) in [5.41, 5.74) is -1.80. The first-order chi connectivity index (χ1) is 23.0. The molecule has 48 heavy (non-hydrogen) atoms. The topological polar surface area (TPSA) is 138 Å². The molecule has 0 spiro atoms. The summed E-state index contributed by atoms with van der Waals surface area (Å²) in [7, 11) is 0. The molecule has 0 amide bonds. The predicted molar refractivity (Wildman–Crippen MR) is 183 cm³/mol. The maximum atomic E-state index is 12.8. The Hall–Kier alpha value is -1.36. The number of ether oxygens (including phenoxy) is 3. The lowest BCUT2D eigenvalue weighted by atomic mass is 9.41. The molecular weight excluding hydrogens is 610 g/mol. The normalized spacial score (nSPS) is 45.8. The summed E-state index contributed by atoms with van der Waals surface area (Å²) in [6.07, 6.45) is 17.2. The lowest BCUT2D eigenvalue weighted by Gasteiger charge is -2.66. The largest absolute Gasteiger partial charge is 0.458 e. The number of aliphatic hydroxyl groups excluding tert-OH is 2. The number of carbonyl (C=O) groups is 1. The van der Waals surface area contributed by atoms with Crippen molar-refractivity contribution in [2.45, 2.75) is 178 Å². The molecule has 0 aromatic rings. The third-order valence-electron chi connectivity index (χ3n) is 14.1. The smallest absolute Gasteiger partial charge is 0.331 e. The molecule has 9 heteroatoms. The van der Waals surface area contributed by atoms with Gasteiger partial charge in [-0.05, 0) is 88.0 Å². The molecule has 6 aliphatic rings. The van der Waals surface area contributed by atoms with Gasteiger partial charge in [-0.1, -0.05) is 58.8 Å². The van der Waals surface area contributed by atoms with E-state index in [0.29, 0.717) is 32.3 Å². The third-order valence-corrected chi connectivity index (χ3v) is 14.1. The highest BCUT2D eigenvalue weighted by molar-refractivity contribution is 5.85. The number of unbranched alkanes of at least 4 members (excludes halogenated alkanes) is 7. The highest BCUT2D eigenvalue weighted by atomic mass is 16.7. The summed E-state index contributed by atoms with van der Waals surface area (Å²) in [4.78, 5) is 17.1. The van der Waals surface area contributed by atoms with E-state index in [1.807, 2.05) is 0 Å².